The van der Waals surface area contributed by atoms with Gasteiger partial charge >= 0.3 is 6.61 Å². The molecule has 7 nitrogen and oxygen atoms in total. The molecule has 1 aliphatic rings. The number of anilines is 1. The van der Waals surface area contributed by atoms with Crippen LogP contribution in [0.15, 0.2) is 47.5 Å². The van der Waals surface area contributed by atoms with E-state index in [9.17, 15) is 13.2 Å². The van der Waals surface area contributed by atoms with Gasteiger partial charge in [0.05, 0.1) is 19.3 Å². The third kappa shape index (κ3) is 5.85. The van der Waals surface area contributed by atoms with Gasteiger partial charge in [0.1, 0.15) is 17.4 Å². The molecule has 1 aliphatic heterocycles. The number of hydrogen-bond acceptors (Lipinski definition) is 6. The van der Waals surface area contributed by atoms with Gasteiger partial charge in [-0.05, 0) is 42.3 Å². The molecule has 0 spiro atoms. The molecule has 10 heteroatoms. The second kappa shape index (κ2) is 10.8. The van der Waals surface area contributed by atoms with E-state index in [2.05, 4.69) is 19.6 Å². The number of aromatic nitrogens is 1. The number of amidine groups is 1. The molecule has 0 amide bonds. The molecular weight excluding hydrogens is 423 g/mol. The Balaban J connectivity index is 1.85. The Hall–Kier alpha value is -3.40. The highest BCUT2D eigenvalue weighted by Gasteiger charge is 2.23. The van der Waals surface area contributed by atoms with Gasteiger partial charge in [0.25, 0.3) is 0 Å². The zero-order chi connectivity index (χ0) is 23.1. The first-order valence-corrected chi connectivity index (χ1v) is 10.0. The lowest BCUT2D eigenvalue weighted by atomic mass is 10.1. The average molecular weight is 447 g/mol. The number of nitrogens with zero attached hydrogens (tertiary/aromatic N) is 3. The first kappa shape index (κ1) is 23.3. The van der Waals surface area contributed by atoms with Gasteiger partial charge < -0.3 is 25.5 Å². The molecule has 3 rings (SSSR count). The van der Waals surface area contributed by atoms with Crippen molar-refractivity contribution in [1.29, 1.82) is 5.41 Å². The first-order valence-electron chi connectivity index (χ1n) is 10.0. The smallest absolute Gasteiger partial charge is 0.387 e. The molecule has 170 valence electrons. The van der Waals surface area contributed by atoms with Crippen molar-refractivity contribution in [3.63, 3.8) is 0 Å². The number of halogens is 3. The van der Waals surface area contributed by atoms with Crippen LogP contribution in [-0.4, -0.2) is 49.4 Å². The van der Waals surface area contributed by atoms with E-state index in [1.165, 1.54) is 36.4 Å². The minimum atomic E-state index is -2.93. The summed E-state index contributed by atoms with van der Waals surface area (Å²) in [4.78, 5) is 10.5. The van der Waals surface area contributed by atoms with Crippen LogP contribution >= 0.6 is 0 Å². The van der Waals surface area contributed by atoms with Gasteiger partial charge in [-0.15, -0.1) is 0 Å². The highest BCUT2D eigenvalue weighted by atomic mass is 19.3. The highest BCUT2D eigenvalue weighted by Crippen LogP contribution is 2.25. The maximum absolute atomic E-state index is 14.4. The number of nitrogens with one attached hydrogen (secondary N) is 1. The van der Waals surface area contributed by atoms with E-state index in [-0.39, 0.29) is 23.4 Å². The number of pyridine rings is 1. The number of alkyl halides is 2. The summed E-state index contributed by atoms with van der Waals surface area (Å²) >= 11 is 0. The third-order valence-electron chi connectivity index (χ3n) is 4.91. The summed E-state index contributed by atoms with van der Waals surface area (Å²) in [6, 6.07) is 8.74. The molecule has 1 aromatic heterocycles. The molecule has 0 radical (unpaired) electrons. The normalized spacial score (nSPS) is 17.5. The van der Waals surface area contributed by atoms with Gasteiger partial charge in [0.2, 0.25) is 0 Å². The molecule has 1 fully saturated rings. The van der Waals surface area contributed by atoms with E-state index in [1.807, 2.05) is 6.92 Å². The van der Waals surface area contributed by atoms with Crippen LogP contribution in [0.3, 0.4) is 0 Å². The van der Waals surface area contributed by atoms with E-state index in [0.717, 1.165) is 12.6 Å². The molecule has 0 saturated carbocycles. The standard InChI is InChI=1S/C22H24F3N5O2/c1-2-16-13-31-10-9-30(16)20-8-7-18(23)21(29-20)28-19(27)11-15(12-26)14-3-5-17(6-4-14)32-22(24)25/h3-8,11-12,16,22,26H,2,9-10,13H2,1H3,(H2,27,28,29)/b15-11+,26-12?. The van der Waals surface area contributed by atoms with E-state index >= 15 is 0 Å². The van der Waals surface area contributed by atoms with Crippen molar-refractivity contribution >= 4 is 29.3 Å². The SMILES string of the molecule is CCC1COCCN1c1ccc(F)c(/N=C(N)/C=C(\C=N)c2ccc(OC(F)F)cc2)n1. The van der Waals surface area contributed by atoms with Crippen LogP contribution in [0.2, 0.25) is 0 Å². The fraction of sp³-hybridized carbons (Fsp3) is 0.318. The van der Waals surface area contributed by atoms with Gasteiger partial charge in [-0.25, -0.2) is 14.4 Å². The number of ether oxygens (including phenoxy) is 2. The van der Waals surface area contributed by atoms with Gasteiger partial charge in [0, 0.05) is 18.3 Å². The maximum atomic E-state index is 14.4. The molecule has 3 N–H and O–H groups in total. The summed E-state index contributed by atoms with van der Waals surface area (Å²) in [5.74, 6) is -0.279. The number of rotatable bonds is 8. The Bertz CT molecular complexity index is 996. The van der Waals surface area contributed by atoms with Crippen LogP contribution in [0, 0.1) is 11.2 Å². The lowest BCUT2D eigenvalue weighted by molar-refractivity contribution is -0.0498. The van der Waals surface area contributed by atoms with Crippen molar-refractivity contribution < 1.29 is 22.6 Å². The lowest BCUT2D eigenvalue weighted by Crippen LogP contribution is -2.45. The number of morpholine rings is 1. The number of nitrogens with two attached hydrogens (primary N) is 1. The maximum Gasteiger partial charge on any atom is 0.387 e. The van der Waals surface area contributed by atoms with Crippen LogP contribution in [-0.2, 0) is 4.74 Å². The Morgan fingerprint density at radius 3 is 2.75 bits per heavy atom. The van der Waals surface area contributed by atoms with Crippen LogP contribution in [0.5, 0.6) is 5.75 Å². The Kier molecular flexibility index (Phi) is 7.82. The summed E-state index contributed by atoms with van der Waals surface area (Å²) in [5, 5.41) is 7.63. The average Bonchev–Trinajstić information content (AvgIpc) is 2.79. The topological polar surface area (TPSA) is 96.8 Å². The van der Waals surface area contributed by atoms with Crippen molar-refractivity contribution in [2.75, 3.05) is 24.7 Å². The van der Waals surface area contributed by atoms with Crippen molar-refractivity contribution in [3.05, 3.63) is 53.9 Å². The number of benzene rings is 1. The van der Waals surface area contributed by atoms with Crippen molar-refractivity contribution in [1.82, 2.24) is 4.98 Å². The van der Waals surface area contributed by atoms with E-state index in [0.29, 0.717) is 36.7 Å². The number of hydrogen-bond donors (Lipinski definition) is 2. The minimum Gasteiger partial charge on any atom is -0.435 e. The van der Waals surface area contributed by atoms with Crippen LogP contribution in [0.4, 0.5) is 24.8 Å². The number of allylic oxidation sites excluding steroid dienone is 1. The second-order valence-electron chi connectivity index (χ2n) is 6.99. The molecule has 1 aromatic carbocycles. The van der Waals surface area contributed by atoms with Gasteiger partial charge in [-0.3, -0.25) is 0 Å². The monoisotopic (exact) mass is 447 g/mol. The second-order valence-corrected chi connectivity index (χ2v) is 6.99. The lowest BCUT2D eigenvalue weighted by Gasteiger charge is -2.36. The van der Waals surface area contributed by atoms with Crippen molar-refractivity contribution in [2.45, 2.75) is 26.0 Å². The van der Waals surface area contributed by atoms with Crippen LogP contribution in [0.1, 0.15) is 18.9 Å². The Morgan fingerprint density at radius 1 is 1.34 bits per heavy atom. The molecule has 0 aliphatic carbocycles. The highest BCUT2D eigenvalue weighted by molar-refractivity contribution is 6.15. The van der Waals surface area contributed by atoms with Crippen LogP contribution < -0.4 is 15.4 Å². The molecule has 1 atom stereocenters. The van der Waals surface area contributed by atoms with E-state index in [4.69, 9.17) is 15.9 Å². The molecule has 2 aromatic rings. The van der Waals surface area contributed by atoms with Crippen molar-refractivity contribution in [3.8, 4) is 5.75 Å². The predicted octanol–water partition coefficient (Wildman–Crippen LogP) is 4.16. The summed E-state index contributed by atoms with van der Waals surface area (Å²) in [6.07, 6.45) is 3.27. The molecule has 1 saturated heterocycles. The zero-order valence-corrected chi connectivity index (χ0v) is 17.5. The third-order valence-corrected chi connectivity index (χ3v) is 4.91. The van der Waals surface area contributed by atoms with Crippen molar-refractivity contribution in [2.24, 2.45) is 10.7 Å². The summed E-state index contributed by atoms with van der Waals surface area (Å²) in [5.41, 5.74) is 6.85. The Morgan fingerprint density at radius 2 is 2.09 bits per heavy atom. The largest absolute Gasteiger partial charge is 0.435 e. The quantitative estimate of drug-likeness (QED) is 0.468. The Labute approximate surface area is 183 Å². The van der Waals surface area contributed by atoms with Gasteiger partial charge in [-0.2, -0.15) is 8.78 Å². The summed E-state index contributed by atoms with van der Waals surface area (Å²) in [6.45, 7) is 0.887. The molecule has 32 heavy (non-hydrogen) atoms. The summed E-state index contributed by atoms with van der Waals surface area (Å²) in [7, 11) is 0. The van der Waals surface area contributed by atoms with Gasteiger partial charge in [-0.1, -0.05) is 19.1 Å². The molecular formula is C22H24F3N5O2. The fourth-order valence-corrected chi connectivity index (χ4v) is 3.31. The fourth-order valence-electron chi connectivity index (χ4n) is 3.31. The van der Waals surface area contributed by atoms with Gasteiger partial charge in [0.15, 0.2) is 11.6 Å². The number of aliphatic imine (C=N–C) groups is 1. The summed E-state index contributed by atoms with van der Waals surface area (Å²) < 4.78 is 48.8. The molecule has 1 unspecified atom stereocenters. The molecule has 2 heterocycles. The van der Waals surface area contributed by atoms with E-state index < -0.39 is 12.4 Å². The van der Waals surface area contributed by atoms with Crippen LogP contribution in [0.25, 0.3) is 5.57 Å². The van der Waals surface area contributed by atoms with E-state index in [1.54, 1.807) is 6.07 Å². The zero-order valence-electron chi connectivity index (χ0n) is 17.5. The predicted molar refractivity (Wildman–Crippen MR) is 118 cm³/mol. The first-order chi connectivity index (χ1) is 15.4. The minimum absolute atomic E-state index is 0.00805. The molecule has 0 bridgehead atoms.